The fourth-order valence-electron chi connectivity index (χ4n) is 4.77. The van der Waals surface area contributed by atoms with Gasteiger partial charge in [0.05, 0.1) is 30.9 Å². The highest BCUT2D eigenvalue weighted by Crippen LogP contribution is 2.23. The largest absolute Gasteiger partial charge is 0.497 e. The summed E-state index contributed by atoms with van der Waals surface area (Å²) in [5.41, 5.74) is 1.72. The molecule has 206 valence electrons. The SMILES string of the molecule is COc1cccc(-c2ccc(N3CCN(C(=O)CN(CCN4CCOCC4)C(=O)c4cccs4)CC3)nn2)c1. The van der Waals surface area contributed by atoms with E-state index in [9.17, 15) is 9.59 Å². The molecule has 2 saturated heterocycles. The summed E-state index contributed by atoms with van der Waals surface area (Å²) in [5.74, 6) is 1.45. The van der Waals surface area contributed by atoms with Crippen LogP contribution in [0.25, 0.3) is 11.3 Å². The second-order valence-electron chi connectivity index (χ2n) is 9.53. The van der Waals surface area contributed by atoms with Crippen LogP contribution in [0.2, 0.25) is 0 Å². The number of rotatable bonds is 9. The number of hydrogen-bond donors (Lipinski definition) is 0. The van der Waals surface area contributed by atoms with Crippen molar-refractivity contribution >= 4 is 29.0 Å². The van der Waals surface area contributed by atoms with Gasteiger partial charge in [-0.15, -0.1) is 21.5 Å². The van der Waals surface area contributed by atoms with Crippen LogP contribution in [0.3, 0.4) is 0 Å². The number of carbonyl (C=O) groups excluding carboxylic acids is 2. The molecule has 0 aliphatic carbocycles. The van der Waals surface area contributed by atoms with E-state index in [4.69, 9.17) is 9.47 Å². The number of benzene rings is 1. The van der Waals surface area contributed by atoms with E-state index >= 15 is 0 Å². The number of anilines is 1. The Morgan fingerprint density at radius 3 is 2.51 bits per heavy atom. The second kappa shape index (κ2) is 13.0. The van der Waals surface area contributed by atoms with Gasteiger partial charge in [-0.1, -0.05) is 18.2 Å². The molecular weight excluding hydrogens is 516 g/mol. The number of hydrogen-bond acceptors (Lipinski definition) is 9. The van der Waals surface area contributed by atoms with Crippen molar-refractivity contribution in [1.82, 2.24) is 24.9 Å². The van der Waals surface area contributed by atoms with Crippen LogP contribution >= 0.6 is 11.3 Å². The minimum Gasteiger partial charge on any atom is -0.497 e. The summed E-state index contributed by atoms with van der Waals surface area (Å²) in [6.07, 6.45) is 0. The lowest BCUT2D eigenvalue weighted by molar-refractivity contribution is -0.132. The summed E-state index contributed by atoms with van der Waals surface area (Å²) in [7, 11) is 1.64. The first kappa shape index (κ1) is 27.0. The summed E-state index contributed by atoms with van der Waals surface area (Å²) in [6, 6.07) is 15.3. The molecule has 2 amide bonds. The van der Waals surface area contributed by atoms with Gasteiger partial charge in [-0.25, -0.2) is 0 Å². The van der Waals surface area contributed by atoms with Crippen molar-refractivity contribution in [3.05, 3.63) is 58.8 Å². The molecule has 2 aliphatic heterocycles. The van der Waals surface area contributed by atoms with Crippen molar-refractivity contribution in [2.45, 2.75) is 0 Å². The topological polar surface area (TPSA) is 91.3 Å². The Kier molecular flexibility index (Phi) is 9.02. The normalized spacial score (nSPS) is 16.2. The maximum absolute atomic E-state index is 13.3. The molecule has 11 heteroatoms. The van der Waals surface area contributed by atoms with Crippen molar-refractivity contribution < 1.29 is 19.1 Å². The minimum absolute atomic E-state index is 0.0269. The Hall–Kier alpha value is -3.54. The van der Waals surface area contributed by atoms with Gasteiger partial charge in [0.2, 0.25) is 5.91 Å². The second-order valence-corrected chi connectivity index (χ2v) is 10.5. The molecule has 2 aromatic heterocycles. The summed E-state index contributed by atoms with van der Waals surface area (Å²) >= 11 is 1.41. The van der Waals surface area contributed by atoms with Crippen LogP contribution in [-0.4, -0.2) is 116 Å². The molecule has 4 heterocycles. The van der Waals surface area contributed by atoms with Crippen molar-refractivity contribution in [2.75, 3.05) is 84.1 Å². The molecular formula is C28H34N6O4S. The molecule has 3 aromatic rings. The number of carbonyl (C=O) groups is 2. The number of aromatic nitrogens is 2. The fraction of sp³-hybridized carbons (Fsp3) is 0.429. The first-order valence-corrected chi connectivity index (χ1v) is 14.1. The molecule has 0 spiro atoms. The van der Waals surface area contributed by atoms with Crippen molar-refractivity contribution in [1.29, 1.82) is 0 Å². The average molecular weight is 551 g/mol. The van der Waals surface area contributed by atoms with Crippen LogP contribution in [0.1, 0.15) is 9.67 Å². The van der Waals surface area contributed by atoms with E-state index < -0.39 is 0 Å². The Morgan fingerprint density at radius 1 is 1.00 bits per heavy atom. The lowest BCUT2D eigenvalue weighted by atomic mass is 10.1. The molecule has 0 saturated carbocycles. The lowest BCUT2D eigenvalue weighted by Gasteiger charge is -2.36. The third-order valence-electron chi connectivity index (χ3n) is 7.11. The zero-order chi connectivity index (χ0) is 27.0. The van der Waals surface area contributed by atoms with Gasteiger partial charge in [-0.2, -0.15) is 0 Å². The molecule has 5 rings (SSSR count). The van der Waals surface area contributed by atoms with E-state index in [0.717, 1.165) is 42.5 Å². The van der Waals surface area contributed by atoms with Gasteiger partial charge in [0.15, 0.2) is 5.82 Å². The third-order valence-corrected chi connectivity index (χ3v) is 7.97. The Balaban J connectivity index is 1.16. The molecule has 39 heavy (non-hydrogen) atoms. The van der Waals surface area contributed by atoms with E-state index in [2.05, 4.69) is 20.0 Å². The molecule has 2 aliphatic rings. The predicted octanol–water partition coefficient (Wildman–Crippen LogP) is 2.34. The molecule has 10 nitrogen and oxygen atoms in total. The standard InChI is InChI=1S/C28H34N6O4S/c1-37-23-5-2-4-22(20-23)24-7-8-26(30-29-24)32-11-13-33(14-12-32)27(35)21-34(28(36)25-6-3-19-39-25)10-9-31-15-17-38-18-16-31/h2-8,19-20H,9-18,21H2,1H3. The first-order valence-electron chi connectivity index (χ1n) is 13.2. The number of methoxy groups -OCH3 is 1. The van der Waals surface area contributed by atoms with E-state index in [0.29, 0.717) is 50.8 Å². The first-order chi connectivity index (χ1) is 19.1. The van der Waals surface area contributed by atoms with Crippen molar-refractivity contribution in [3.8, 4) is 17.0 Å². The molecule has 0 bridgehead atoms. The molecule has 0 atom stereocenters. The minimum atomic E-state index is -0.0864. The van der Waals surface area contributed by atoms with E-state index in [1.54, 1.807) is 12.0 Å². The van der Waals surface area contributed by atoms with Crippen LogP contribution in [0.15, 0.2) is 53.9 Å². The average Bonchev–Trinajstić information content (AvgIpc) is 3.55. The molecule has 0 N–H and O–H groups in total. The molecule has 0 unspecified atom stereocenters. The molecule has 2 fully saturated rings. The van der Waals surface area contributed by atoms with Crippen molar-refractivity contribution in [2.24, 2.45) is 0 Å². The fourth-order valence-corrected chi connectivity index (χ4v) is 5.46. The van der Waals surface area contributed by atoms with Gasteiger partial charge in [0, 0.05) is 57.9 Å². The maximum atomic E-state index is 13.3. The summed E-state index contributed by atoms with van der Waals surface area (Å²) in [6.45, 7) is 6.88. The smallest absolute Gasteiger partial charge is 0.264 e. The van der Waals surface area contributed by atoms with Gasteiger partial charge in [0.1, 0.15) is 12.3 Å². The highest BCUT2D eigenvalue weighted by atomic mass is 32.1. The quantitative estimate of drug-likeness (QED) is 0.401. The van der Waals surface area contributed by atoms with E-state index in [-0.39, 0.29) is 18.4 Å². The van der Waals surface area contributed by atoms with E-state index in [1.807, 2.05) is 58.8 Å². The predicted molar refractivity (Wildman–Crippen MR) is 150 cm³/mol. The third kappa shape index (κ3) is 6.92. The molecule has 0 radical (unpaired) electrons. The highest BCUT2D eigenvalue weighted by molar-refractivity contribution is 7.12. The van der Waals surface area contributed by atoms with Gasteiger partial charge >= 0.3 is 0 Å². The Labute approximate surface area is 232 Å². The lowest BCUT2D eigenvalue weighted by Crippen LogP contribution is -2.52. The summed E-state index contributed by atoms with van der Waals surface area (Å²) < 4.78 is 10.7. The summed E-state index contributed by atoms with van der Waals surface area (Å²) in [4.78, 5) is 35.1. The number of morpholine rings is 1. The van der Waals surface area contributed by atoms with Crippen LogP contribution in [0.5, 0.6) is 5.75 Å². The zero-order valence-corrected chi connectivity index (χ0v) is 23.0. The number of piperazine rings is 1. The molecule has 1 aromatic carbocycles. The van der Waals surface area contributed by atoms with Crippen LogP contribution in [0, 0.1) is 0 Å². The highest BCUT2D eigenvalue weighted by Gasteiger charge is 2.27. The van der Waals surface area contributed by atoms with Gasteiger partial charge in [-0.05, 0) is 35.7 Å². The number of thiophene rings is 1. The van der Waals surface area contributed by atoms with Gasteiger partial charge in [-0.3, -0.25) is 14.5 Å². The maximum Gasteiger partial charge on any atom is 0.264 e. The monoisotopic (exact) mass is 550 g/mol. The van der Waals surface area contributed by atoms with Gasteiger partial charge < -0.3 is 24.2 Å². The Morgan fingerprint density at radius 2 is 1.82 bits per heavy atom. The van der Waals surface area contributed by atoms with Crippen LogP contribution in [0.4, 0.5) is 5.82 Å². The number of ether oxygens (including phenoxy) is 2. The van der Waals surface area contributed by atoms with Crippen LogP contribution < -0.4 is 9.64 Å². The van der Waals surface area contributed by atoms with E-state index in [1.165, 1.54) is 11.3 Å². The van der Waals surface area contributed by atoms with Crippen LogP contribution in [-0.2, 0) is 9.53 Å². The Bertz CT molecular complexity index is 1230. The number of nitrogens with zero attached hydrogens (tertiary/aromatic N) is 6. The van der Waals surface area contributed by atoms with Gasteiger partial charge in [0.25, 0.3) is 5.91 Å². The van der Waals surface area contributed by atoms with Crippen molar-refractivity contribution in [3.63, 3.8) is 0 Å². The number of amides is 2. The zero-order valence-electron chi connectivity index (χ0n) is 22.2. The summed E-state index contributed by atoms with van der Waals surface area (Å²) in [5, 5.41) is 10.7.